The van der Waals surface area contributed by atoms with Gasteiger partial charge in [-0.1, -0.05) is 30.3 Å². The number of nitrogens with zero attached hydrogens (tertiary/aromatic N) is 1. The molecule has 0 aliphatic carbocycles. The second kappa shape index (κ2) is 9.18. The third-order valence-electron chi connectivity index (χ3n) is 4.41. The van der Waals surface area contributed by atoms with Crippen LogP contribution in [0, 0.1) is 5.82 Å². The Labute approximate surface area is 167 Å². The van der Waals surface area contributed by atoms with Crippen molar-refractivity contribution >= 4 is 23.5 Å². The van der Waals surface area contributed by atoms with Gasteiger partial charge in [0.1, 0.15) is 11.6 Å². The van der Waals surface area contributed by atoms with Crippen LogP contribution >= 0.6 is 0 Å². The van der Waals surface area contributed by atoms with Crippen molar-refractivity contribution in [1.29, 1.82) is 0 Å². The van der Waals surface area contributed by atoms with Gasteiger partial charge >= 0.3 is 5.97 Å². The second-order valence-electron chi connectivity index (χ2n) is 6.50. The smallest absolute Gasteiger partial charge is 0.308 e. The molecule has 1 aliphatic heterocycles. The molecule has 29 heavy (non-hydrogen) atoms. The van der Waals surface area contributed by atoms with Crippen LogP contribution in [0.15, 0.2) is 48.5 Å². The first-order chi connectivity index (χ1) is 14.0. The lowest BCUT2D eigenvalue weighted by Crippen LogP contribution is -2.45. The van der Waals surface area contributed by atoms with Crippen molar-refractivity contribution < 1.29 is 28.2 Å². The molecular formula is C21H21FN2O5. The minimum absolute atomic E-state index is 0.00000913. The van der Waals surface area contributed by atoms with E-state index in [0.29, 0.717) is 17.0 Å². The molecule has 2 aromatic rings. The lowest BCUT2D eigenvalue weighted by molar-refractivity contribution is -0.148. The number of anilines is 1. The number of halogens is 1. The van der Waals surface area contributed by atoms with Gasteiger partial charge in [-0.25, -0.2) is 4.39 Å². The predicted molar refractivity (Wildman–Crippen MR) is 103 cm³/mol. The van der Waals surface area contributed by atoms with Crippen LogP contribution in [0.3, 0.4) is 0 Å². The molecule has 8 heteroatoms. The van der Waals surface area contributed by atoms with Gasteiger partial charge in [0.05, 0.1) is 12.1 Å². The number of carbonyl (C=O) groups excluding carboxylic acids is 3. The predicted octanol–water partition coefficient (Wildman–Crippen LogP) is 2.19. The van der Waals surface area contributed by atoms with E-state index in [-0.39, 0.29) is 25.4 Å². The summed E-state index contributed by atoms with van der Waals surface area (Å²) in [4.78, 5) is 37.6. The largest absolute Gasteiger partial charge is 0.479 e. The highest BCUT2D eigenvalue weighted by molar-refractivity contribution is 6.00. The minimum Gasteiger partial charge on any atom is -0.479 e. The van der Waals surface area contributed by atoms with E-state index in [4.69, 9.17) is 9.47 Å². The summed E-state index contributed by atoms with van der Waals surface area (Å²) >= 11 is 0. The molecule has 1 aliphatic rings. The third kappa shape index (κ3) is 5.10. The number of nitrogens with one attached hydrogen (secondary N) is 1. The zero-order chi connectivity index (χ0) is 20.8. The average molecular weight is 400 g/mol. The Balaban J connectivity index is 1.46. The summed E-state index contributed by atoms with van der Waals surface area (Å²) in [6.07, 6.45) is -0.724. The van der Waals surface area contributed by atoms with Crippen LogP contribution < -0.4 is 15.0 Å². The minimum atomic E-state index is -0.648. The zero-order valence-corrected chi connectivity index (χ0v) is 15.9. The average Bonchev–Trinajstić information content (AvgIpc) is 2.72. The maximum absolute atomic E-state index is 13.5. The van der Waals surface area contributed by atoms with Crippen molar-refractivity contribution in [2.75, 3.05) is 18.1 Å². The number of amides is 2. The fourth-order valence-electron chi connectivity index (χ4n) is 2.90. The van der Waals surface area contributed by atoms with E-state index in [1.807, 2.05) is 0 Å². The summed E-state index contributed by atoms with van der Waals surface area (Å²) < 4.78 is 24.0. The SMILES string of the molecule is CC1Oc2ccccc2N(CCC(=O)OCC(=O)NCc2ccccc2F)C1=O. The quantitative estimate of drug-likeness (QED) is 0.721. The van der Waals surface area contributed by atoms with Crippen LogP contribution in [0.2, 0.25) is 0 Å². The van der Waals surface area contributed by atoms with Crippen molar-refractivity contribution in [3.8, 4) is 5.75 Å². The summed E-state index contributed by atoms with van der Waals surface area (Å²) in [5, 5.41) is 2.49. The Kier molecular flexibility index (Phi) is 6.43. The molecule has 1 N–H and O–H groups in total. The summed E-state index contributed by atoms with van der Waals surface area (Å²) in [6, 6.07) is 13.1. The third-order valence-corrected chi connectivity index (χ3v) is 4.41. The van der Waals surface area contributed by atoms with Crippen LogP contribution in [-0.2, 0) is 25.7 Å². The molecule has 0 spiro atoms. The molecule has 0 saturated heterocycles. The fraction of sp³-hybridized carbons (Fsp3) is 0.286. The highest BCUT2D eigenvalue weighted by atomic mass is 19.1. The molecule has 2 aromatic carbocycles. The van der Waals surface area contributed by atoms with E-state index in [1.54, 1.807) is 49.4 Å². The summed E-state index contributed by atoms with van der Waals surface area (Å²) in [7, 11) is 0. The Morgan fingerprint density at radius 3 is 2.69 bits per heavy atom. The fourth-order valence-corrected chi connectivity index (χ4v) is 2.90. The first kappa shape index (κ1) is 20.3. The molecule has 0 fully saturated rings. The van der Waals surface area contributed by atoms with Crippen molar-refractivity contribution in [1.82, 2.24) is 5.32 Å². The number of rotatable bonds is 7. The van der Waals surface area contributed by atoms with Gasteiger partial charge in [-0.05, 0) is 25.1 Å². The molecular weight excluding hydrogens is 379 g/mol. The van der Waals surface area contributed by atoms with Crippen LogP contribution in [0.1, 0.15) is 18.9 Å². The van der Waals surface area contributed by atoms with E-state index in [1.165, 1.54) is 11.0 Å². The van der Waals surface area contributed by atoms with Crippen LogP contribution in [0.5, 0.6) is 5.75 Å². The van der Waals surface area contributed by atoms with Crippen LogP contribution in [0.4, 0.5) is 10.1 Å². The lowest BCUT2D eigenvalue weighted by atomic mass is 10.2. The molecule has 0 radical (unpaired) electrons. The number of ether oxygens (including phenoxy) is 2. The lowest BCUT2D eigenvalue weighted by Gasteiger charge is -2.32. The number of esters is 1. The Morgan fingerprint density at radius 2 is 1.90 bits per heavy atom. The topological polar surface area (TPSA) is 84.9 Å². The first-order valence-electron chi connectivity index (χ1n) is 9.18. The summed E-state index contributed by atoms with van der Waals surface area (Å²) in [5.74, 6) is -1.26. The Hall–Kier alpha value is -3.42. The van der Waals surface area contributed by atoms with Crippen LogP contribution in [-0.4, -0.2) is 37.0 Å². The van der Waals surface area contributed by atoms with Gasteiger partial charge in [0.2, 0.25) is 0 Å². The van der Waals surface area contributed by atoms with Gasteiger partial charge in [0.15, 0.2) is 12.7 Å². The number of benzene rings is 2. The molecule has 1 unspecified atom stereocenters. The zero-order valence-electron chi connectivity index (χ0n) is 15.9. The van der Waals surface area contributed by atoms with E-state index >= 15 is 0 Å². The van der Waals surface area contributed by atoms with E-state index in [9.17, 15) is 18.8 Å². The molecule has 3 rings (SSSR count). The maximum Gasteiger partial charge on any atom is 0.308 e. The molecule has 0 saturated carbocycles. The highest BCUT2D eigenvalue weighted by Crippen LogP contribution is 2.33. The molecule has 1 heterocycles. The van der Waals surface area contributed by atoms with Gasteiger partial charge in [0.25, 0.3) is 11.8 Å². The molecule has 7 nitrogen and oxygen atoms in total. The second-order valence-corrected chi connectivity index (χ2v) is 6.50. The molecule has 152 valence electrons. The normalized spacial score (nSPS) is 15.3. The van der Waals surface area contributed by atoms with E-state index < -0.39 is 30.4 Å². The van der Waals surface area contributed by atoms with Gasteiger partial charge in [0, 0.05) is 18.7 Å². The summed E-state index contributed by atoms with van der Waals surface area (Å²) in [5.41, 5.74) is 0.928. The number of para-hydroxylation sites is 2. The Morgan fingerprint density at radius 1 is 1.17 bits per heavy atom. The number of hydrogen-bond donors (Lipinski definition) is 1. The Bertz CT molecular complexity index is 917. The number of fused-ring (bicyclic) bond motifs is 1. The van der Waals surface area contributed by atoms with Gasteiger partial charge < -0.3 is 19.7 Å². The van der Waals surface area contributed by atoms with Crippen molar-refractivity contribution in [3.05, 3.63) is 59.9 Å². The van der Waals surface area contributed by atoms with E-state index in [0.717, 1.165) is 0 Å². The van der Waals surface area contributed by atoms with Crippen molar-refractivity contribution in [2.24, 2.45) is 0 Å². The highest BCUT2D eigenvalue weighted by Gasteiger charge is 2.31. The number of hydrogen-bond acceptors (Lipinski definition) is 5. The van der Waals surface area contributed by atoms with Gasteiger partial charge in [-0.2, -0.15) is 0 Å². The monoisotopic (exact) mass is 400 g/mol. The summed E-state index contributed by atoms with van der Waals surface area (Å²) in [6.45, 7) is 1.28. The molecule has 0 aromatic heterocycles. The molecule has 1 atom stereocenters. The standard InChI is InChI=1S/C21H21FN2O5/c1-14-21(27)24(17-8-4-5-9-18(17)29-14)11-10-20(26)28-13-19(25)23-12-15-6-2-3-7-16(15)22/h2-9,14H,10-13H2,1H3,(H,23,25). The molecule has 2 amide bonds. The van der Waals surface area contributed by atoms with Gasteiger partial charge in [-0.3, -0.25) is 14.4 Å². The van der Waals surface area contributed by atoms with Crippen molar-refractivity contribution in [2.45, 2.75) is 26.0 Å². The number of carbonyl (C=O) groups is 3. The van der Waals surface area contributed by atoms with Crippen LogP contribution in [0.25, 0.3) is 0 Å². The van der Waals surface area contributed by atoms with E-state index in [2.05, 4.69) is 5.32 Å². The maximum atomic E-state index is 13.5. The van der Waals surface area contributed by atoms with Gasteiger partial charge in [-0.15, -0.1) is 0 Å². The molecule has 0 bridgehead atoms. The van der Waals surface area contributed by atoms with Crippen molar-refractivity contribution in [3.63, 3.8) is 0 Å². The first-order valence-corrected chi connectivity index (χ1v) is 9.18.